The molecule has 3 heteroatoms. The third-order valence-electron chi connectivity index (χ3n) is 3.83. The molecule has 0 spiro atoms. The summed E-state index contributed by atoms with van der Waals surface area (Å²) in [6.07, 6.45) is 2.81. The van der Waals surface area contributed by atoms with Gasteiger partial charge in [-0.3, -0.25) is 4.90 Å². The molecule has 0 bridgehead atoms. The van der Waals surface area contributed by atoms with E-state index >= 15 is 0 Å². The predicted octanol–water partition coefficient (Wildman–Crippen LogP) is 2.81. The van der Waals surface area contributed by atoms with Crippen LogP contribution in [0, 0.1) is 5.92 Å². The fraction of sp³-hybridized carbons (Fsp3) is 0.571. The van der Waals surface area contributed by atoms with Gasteiger partial charge in [-0.05, 0) is 36.5 Å². The molecule has 0 radical (unpaired) electrons. The fourth-order valence-electron chi connectivity index (χ4n) is 2.81. The zero-order valence-electron chi connectivity index (χ0n) is 10.0. The van der Waals surface area contributed by atoms with Crippen LogP contribution in [0.25, 0.3) is 0 Å². The van der Waals surface area contributed by atoms with E-state index < -0.39 is 0 Å². The number of piperazine rings is 1. The Morgan fingerprint density at radius 2 is 1.76 bits per heavy atom. The molecular weight excluding hydrogens is 276 g/mol. The van der Waals surface area contributed by atoms with E-state index in [0.717, 1.165) is 19.0 Å². The highest BCUT2D eigenvalue weighted by molar-refractivity contribution is 9.10. The number of rotatable bonds is 3. The molecule has 1 aliphatic heterocycles. The first-order valence-electron chi connectivity index (χ1n) is 6.55. The molecule has 1 N–H and O–H groups in total. The topological polar surface area (TPSA) is 15.3 Å². The van der Waals surface area contributed by atoms with Crippen LogP contribution in [0.1, 0.15) is 24.4 Å². The zero-order chi connectivity index (χ0) is 11.7. The Hall–Kier alpha value is -0.380. The minimum Gasteiger partial charge on any atom is -0.314 e. The standard InChI is InChI=1S/C14H19BrN2/c15-13-5-3-12(4-6-13)14(11-1-2-11)17-9-7-16-8-10-17/h3-6,11,14,16H,1-2,7-10H2/t14-/m1/s1. The van der Waals surface area contributed by atoms with Crippen LogP contribution in [0.15, 0.2) is 28.7 Å². The zero-order valence-corrected chi connectivity index (χ0v) is 11.6. The monoisotopic (exact) mass is 294 g/mol. The molecule has 1 aliphatic carbocycles. The summed E-state index contributed by atoms with van der Waals surface area (Å²) in [7, 11) is 0. The molecule has 1 aromatic rings. The summed E-state index contributed by atoms with van der Waals surface area (Å²) >= 11 is 3.52. The van der Waals surface area contributed by atoms with E-state index in [1.165, 1.54) is 36.0 Å². The lowest BCUT2D eigenvalue weighted by Gasteiger charge is -2.35. The van der Waals surface area contributed by atoms with Crippen LogP contribution in [0.5, 0.6) is 0 Å². The lowest BCUT2D eigenvalue weighted by molar-refractivity contribution is 0.156. The van der Waals surface area contributed by atoms with Crippen LogP contribution in [-0.2, 0) is 0 Å². The maximum atomic E-state index is 3.52. The number of hydrogen-bond acceptors (Lipinski definition) is 2. The van der Waals surface area contributed by atoms with Gasteiger partial charge in [0.05, 0.1) is 0 Å². The van der Waals surface area contributed by atoms with E-state index in [-0.39, 0.29) is 0 Å². The van der Waals surface area contributed by atoms with E-state index in [1.807, 2.05) is 0 Å². The lowest BCUT2D eigenvalue weighted by atomic mass is 10.00. The molecule has 0 unspecified atom stereocenters. The molecule has 2 fully saturated rings. The Bertz CT molecular complexity index is 366. The van der Waals surface area contributed by atoms with Gasteiger partial charge in [0, 0.05) is 36.7 Å². The van der Waals surface area contributed by atoms with Crippen LogP contribution in [0.2, 0.25) is 0 Å². The first-order valence-corrected chi connectivity index (χ1v) is 7.34. The van der Waals surface area contributed by atoms with Crippen LogP contribution in [0.4, 0.5) is 0 Å². The second-order valence-corrected chi connectivity index (χ2v) is 6.04. The quantitative estimate of drug-likeness (QED) is 0.922. The Balaban J connectivity index is 1.81. The van der Waals surface area contributed by atoms with Gasteiger partial charge in [-0.1, -0.05) is 28.1 Å². The number of nitrogens with zero attached hydrogens (tertiary/aromatic N) is 1. The Morgan fingerprint density at radius 1 is 1.12 bits per heavy atom. The number of nitrogens with one attached hydrogen (secondary N) is 1. The minimum absolute atomic E-state index is 0.658. The third-order valence-corrected chi connectivity index (χ3v) is 4.35. The molecule has 1 saturated carbocycles. The first-order chi connectivity index (χ1) is 8.34. The van der Waals surface area contributed by atoms with E-state index in [1.54, 1.807) is 0 Å². The van der Waals surface area contributed by atoms with Gasteiger partial charge in [0.2, 0.25) is 0 Å². The summed E-state index contributed by atoms with van der Waals surface area (Å²) in [4.78, 5) is 2.66. The first kappa shape index (κ1) is 11.7. The van der Waals surface area contributed by atoms with Crippen molar-refractivity contribution in [3.05, 3.63) is 34.3 Å². The summed E-state index contributed by atoms with van der Waals surface area (Å²) < 4.78 is 1.18. The van der Waals surface area contributed by atoms with Crippen LogP contribution in [0.3, 0.4) is 0 Å². The lowest BCUT2D eigenvalue weighted by Crippen LogP contribution is -2.45. The summed E-state index contributed by atoms with van der Waals surface area (Å²) in [5, 5.41) is 3.44. The van der Waals surface area contributed by atoms with Crippen LogP contribution in [-0.4, -0.2) is 31.1 Å². The molecule has 1 saturated heterocycles. The van der Waals surface area contributed by atoms with Gasteiger partial charge in [0.25, 0.3) is 0 Å². The summed E-state index contributed by atoms with van der Waals surface area (Å²) in [6.45, 7) is 4.66. The van der Waals surface area contributed by atoms with Crippen molar-refractivity contribution >= 4 is 15.9 Å². The van der Waals surface area contributed by atoms with Crippen LogP contribution < -0.4 is 5.32 Å². The molecule has 1 aromatic carbocycles. The van der Waals surface area contributed by atoms with Gasteiger partial charge in [-0.25, -0.2) is 0 Å². The number of halogens is 1. The second kappa shape index (κ2) is 5.09. The smallest absolute Gasteiger partial charge is 0.0377 e. The van der Waals surface area contributed by atoms with E-state index in [2.05, 4.69) is 50.4 Å². The maximum absolute atomic E-state index is 3.52. The van der Waals surface area contributed by atoms with Crippen LogP contribution >= 0.6 is 15.9 Å². The molecule has 92 valence electrons. The summed E-state index contributed by atoms with van der Waals surface area (Å²) in [6, 6.07) is 9.58. The van der Waals surface area contributed by atoms with Gasteiger partial charge in [-0.2, -0.15) is 0 Å². The molecule has 2 aliphatic rings. The average molecular weight is 295 g/mol. The normalized spacial score (nSPS) is 23.6. The van der Waals surface area contributed by atoms with Gasteiger partial charge in [-0.15, -0.1) is 0 Å². The predicted molar refractivity (Wildman–Crippen MR) is 74.0 cm³/mol. The highest BCUT2D eigenvalue weighted by Crippen LogP contribution is 2.44. The van der Waals surface area contributed by atoms with Crippen molar-refractivity contribution in [2.45, 2.75) is 18.9 Å². The van der Waals surface area contributed by atoms with E-state index in [9.17, 15) is 0 Å². The third kappa shape index (κ3) is 2.72. The Kier molecular flexibility index (Phi) is 3.50. The number of benzene rings is 1. The molecule has 1 heterocycles. The Morgan fingerprint density at radius 3 is 2.35 bits per heavy atom. The number of hydrogen-bond donors (Lipinski definition) is 1. The van der Waals surface area contributed by atoms with Crippen molar-refractivity contribution in [1.82, 2.24) is 10.2 Å². The highest BCUT2D eigenvalue weighted by Gasteiger charge is 2.36. The molecule has 0 aromatic heterocycles. The van der Waals surface area contributed by atoms with Crippen molar-refractivity contribution in [2.75, 3.05) is 26.2 Å². The van der Waals surface area contributed by atoms with Crippen molar-refractivity contribution < 1.29 is 0 Å². The fourth-order valence-corrected chi connectivity index (χ4v) is 3.08. The molecule has 2 nitrogen and oxygen atoms in total. The Labute approximate surface area is 112 Å². The molecule has 1 atom stereocenters. The van der Waals surface area contributed by atoms with E-state index in [4.69, 9.17) is 0 Å². The largest absolute Gasteiger partial charge is 0.314 e. The summed E-state index contributed by atoms with van der Waals surface area (Å²) in [5.74, 6) is 0.897. The van der Waals surface area contributed by atoms with Gasteiger partial charge in [0.15, 0.2) is 0 Å². The van der Waals surface area contributed by atoms with Crippen molar-refractivity contribution in [3.8, 4) is 0 Å². The van der Waals surface area contributed by atoms with Gasteiger partial charge >= 0.3 is 0 Å². The molecule has 0 amide bonds. The molecule has 17 heavy (non-hydrogen) atoms. The SMILES string of the molecule is Brc1ccc([C@@H](C2CC2)N2CCNCC2)cc1. The maximum Gasteiger partial charge on any atom is 0.0377 e. The van der Waals surface area contributed by atoms with Gasteiger partial charge < -0.3 is 5.32 Å². The molecular formula is C14H19BrN2. The van der Waals surface area contributed by atoms with Gasteiger partial charge in [0.1, 0.15) is 0 Å². The second-order valence-electron chi connectivity index (χ2n) is 5.12. The molecule has 3 rings (SSSR count). The highest BCUT2D eigenvalue weighted by atomic mass is 79.9. The van der Waals surface area contributed by atoms with Crippen molar-refractivity contribution in [3.63, 3.8) is 0 Å². The van der Waals surface area contributed by atoms with Crippen molar-refractivity contribution in [1.29, 1.82) is 0 Å². The van der Waals surface area contributed by atoms with E-state index in [0.29, 0.717) is 6.04 Å². The average Bonchev–Trinajstić information content (AvgIpc) is 3.18. The summed E-state index contributed by atoms with van der Waals surface area (Å²) in [5.41, 5.74) is 1.50. The minimum atomic E-state index is 0.658. The van der Waals surface area contributed by atoms with Crippen molar-refractivity contribution in [2.24, 2.45) is 5.92 Å².